The minimum atomic E-state index is -0.540. The van der Waals surface area contributed by atoms with Crippen molar-refractivity contribution >= 4 is 5.91 Å². The summed E-state index contributed by atoms with van der Waals surface area (Å²) in [7, 11) is 0. The molecule has 0 aromatic heterocycles. The molecule has 2 aliphatic rings. The van der Waals surface area contributed by atoms with Crippen molar-refractivity contribution in [2.75, 3.05) is 19.7 Å². The number of benzene rings is 1. The van der Waals surface area contributed by atoms with Crippen LogP contribution in [0.2, 0.25) is 0 Å². The normalized spacial score (nSPS) is 28.9. The SMILES string of the molecule is O=C(CC1CNCCO1)N[C@@H]1c2ccccc2C[C@@H]1O. The molecule has 3 rings (SSSR count). The summed E-state index contributed by atoms with van der Waals surface area (Å²) in [6.45, 7) is 2.19. The van der Waals surface area contributed by atoms with E-state index < -0.39 is 6.10 Å². The largest absolute Gasteiger partial charge is 0.390 e. The van der Waals surface area contributed by atoms with Crippen molar-refractivity contribution < 1.29 is 14.6 Å². The second kappa shape index (κ2) is 5.91. The van der Waals surface area contributed by atoms with Gasteiger partial charge in [-0.05, 0) is 11.1 Å². The monoisotopic (exact) mass is 276 g/mol. The lowest BCUT2D eigenvalue weighted by molar-refractivity contribution is -0.126. The third-order valence-electron chi connectivity index (χ3n) is 3.94. The van der Waals surface area contributed by atoms with E-state index in [2.05, 4.69) is 10.6 Å². The maximum absolute atomic E-state index is 12.1. The predicted octanol–water partition coefficient (Wildman–Crippen LogP) is 0.139. The van der Waals surface area contributed by atoms with Crippen LogP contribution in [0.1, 0.15) is 23.6 Å². The Hall–Kier alpha value is -1.43. The summed E-state index contributed by atoms with van der Waals surface area (Å²) in [6, 6.07) is 7.56. The second-order valence-electron chi connectivity index (χ2n) is 5.42. The highest BCUT2D eigenvalue weighted by Crippen LogP contribution is 2.31. The number of rotatable bonds is 3. The Labute approximate surface area is 118 Å². The van der Waals surface area contributed by atoms with Crippen LogP contribution >= 0.6 is 0 Å². The molecule has 1 amide bonds. The smallest absolute Gasteiger partial charge is 0.223 e. The third kappa shape index (κ3) is 2.85. The number of hydrogen-bond donors (Lipinski definition) is 3. The number of amides is 1. The molecule has 1 aromatic carbocycles. The molecule has 1 unspecified atom stereocenters. The van der Waals surface area contributed by atoms with Crippen LogP contribution in [-0.2, 0) is 16.0 Å². The number of aliphatic hydroxyl groups is 1. The zero-order valence-electron chi connectivity index (χ0n) is 11.3. The number of aliphatic hydroxyl groups excluding tert-OH is 1. The minimum absolute atomic E-state index is 0.0700. The summed E-state index contributed by atoms with van der Waals surface area (Å²) in [5.74, 6) is -0.0700. The molecule has 0 spiro atoms. The first-order chi connectivity index (χ1) is 9.74. The van der Waals surface area contributed by atoms with Crippen LogP contribution in [0, 0.1) is 0 Å². The highest BCUT2D eigenvalue weighted by Gasteiger charge is 2.32. The highest BCUT2D eigenvalue weighted by atomic mass is 16.5. The molecule has 20 heavy (non-hydrogen) atoms. The fourth-order valence-electron chi connectivity index (χ4n) is 2.94. The summed E-state index contributed by atoms with van der Waals surface area (Å²) < 4.78 is 5.52. The van der Waals surface area contributed by atoms with Gasteiger partial charge in [-0.1, -0.05) is 24.3 Å². The highest BCUT2D eigenvalue weighted by molar-refractivity contribution is 5.77. The fraction of sp³-hybridized carbons (Fsp3) is 0.533. The van der Waals surface area contributed by atoms with Gasteiger partial charge in [0.2, 0.25) is 5.91 Å². The second-order valence-corrected chi connectivity index (χ2v) is 5.42. The van der Waals surface area contributed by atoms with E-state index in [1.807, 2.05) is 24.3 Å². The Balaban J connectivity index is 1.61. The molecular formula is C15H20N2O3. The van der Waals surface area contributed by atoms with Gasteiger partial charge in [-0.3, -0.25) is 4.79 Å². The van der Waals surface area contributed by atoms with Gasteiger partial charge in [0.25, 0.3) is 0 Å². The molecule has 3 atom stereocenters. The van der Waals surface area contributed by atoms with Crippen LogP contribution in [0.4, 0.5) is 0 Å². The van der Waals surface area contributed by atoms with Crippen molar-refractivity contribution in [3.8, 4) is 0 Å². The van der Waals surface area contributed by atoms with Crippen LogP contribution in [0.25, 0.3) is 0 Å². The number of nitrogens with one attached hydrogen (secondary N) is 2. The third-order valence-corrected chi connectivity index (χ3v) is 3.94. The van der Waals surface area contributed by atoms with Crippen LogP contribution in [0.5, 0.6) is 0 Å². The van der Waals surface area contributed by atoms with E-state index in [0.29, 0.717) is 26.0 Å². The lowest BCUT2D eigenvalue weighted by atomic mass is 10.1. The molecule has 0 saturated carbocycles. The van der Waals surface area contributed by atoms with Crippen molar-refractivity contribution in [1.29, 1.82) is 0 Å². The van der Waals surface area contributed by atoms with Crippen LogP contribution in [-0.4, -0.2) is 42.9 Å². The quantitative estimate of drug-likeness (QED) is 0.734. The van der Waals surface area contributed by atoms with Crippen LogP contribution in [0.3, 0.4) is 0 Å². The zero-order chi connectivity index (χ0) is 13.9. The van der Waals surface area contributed by atoms with Gasteiger partial charge in [0.1, 0.15) is 0 Å². The summed E-state index contributed by atoms with van der Waals surface area (Å²) in [5, 5.41) is 16.2. The van der Waals surface area contributed by atoms with Gasteiger partial charge in [0, 0.05) is 19.5 Å². The molecule has 0 bridgehead atoms. The van der Waals surface area contributed by atoms with E-state index in [-0.39, 0.29) is 18.1 Å². The number of carbonyl (C=O) groups excluding carboxylic acids is 1. The van der Waals surface area contributed by atoms with E-state index in [9.17, 15) is 9.90 Å². The molecule has 0 radical (unpaired) electrons. The first-order valence-corrected chi connectivity index (χ1v) is 7.11. The molecule has 1 heterocycles. The first kappa shape index (κ1) is 13.5. The Morgan fingerprint density at radius 1 is 1.45 bits per heavy atom. The predicted molar refractivity (Wildman–Crippen MR) is 74.3 cm³/mol. The van der Waals surface area contributed by atoms with Crippen molar-refractivity contribution in [3.05, 3.63) is 35.4 Å². The summed E-state index contributed by atoms with van der Waals surface area (Å²) in [4.78, 5) is 12.1. The molecule has 1 aromatic rings. The van der Waals surface area contributed by atoms with Crippen LogP contribution < -0.4 is 10.6 Å². The minimum Gasteiger partial charge on any atom is -0.390 e. The van der Waals surface area contributed by atoms with Gasteiger partial charge in [-0.2, -0.15) is 0 Å². The topological polar surface area (TPSA) is 70.6 Å². The summed E-state index contributed by atoms with van der Waals surface area (Å²) in [5.41, 5.74) is 2.14. The Morgan fingerprint density at radius 3 is 3.10 bits per heavy atom. The number of carbonyl (C=O) groups is 1. The van der Waals surface area contributed by atoms with E-state index in [0.717, 1.165) is 17.7 Å². The Morgan fingerprint density at radius 2 is 2.30 bits per heavy atom. The zero-order valence-corrected chi connectivity index (χ0v) is 11.3. The molecule has 5 heteroatoms. The maximum atomic E-state index is 12.1. The van der Waals surface area contributed by atoms with E-state index in [4.69, 9.17) is 4.74 Å². The van der Waals surface area contributed by atoms with Crippen LogP contribution in [0.15, 0.2) is 24.3 Å². The maximum Gasteiger partial charge on any atom is 0.223 e. The fourth-order valence-corrected chi connectivity index (χ4v) is 2.94. The molecular weight excluding hydrogens is 256 g/mol. The molecule has 1 saturated heterocycles. The Kier molecular flexibility index (Phi) is 4.00. The van der Waals surface area contributed by atoms with Crippen molar-refractivity contribution in [2.24, 2.45) is 0 Å². The summed E-state index contributed by atoms with van der Waals surface area (Å²) in [6.07, 6.45) is 0.320. The van der Waals surface area contributed by atoms with E-state index in [1.165, 1.54) is 0 Å². The number of fused-ring (bicyclic) bond motifs is 1. The lowest BCUT2D eigenvalue weighted by Gasteiger charge is -2.24. The summed E-state index contributed by atoms with van der Waals surface area (Å²) >= 11 is 0. The van der Waals surface area contributed by atoms with Crippen molar-refractivity contribution in [2.45, 2.75) is 31.1 Å². The van der Waals surface area contributed by atoms with Gasteiger partial charge in [0.15, 0.2) is 0 Å². The average molecular weight is 276 g/mol. The van der Waals surface area contributed by atoms with Gasteiger partial charge in [-0.15, -0.1) is 0 Å². The molecule has 1 fully saturated rings. The number of hydrogen-bond acceptors (Lipinski definition) is 4. The number of morpholine rings is 1. The van der Waals surface area contributed by atoms with E-state index in [1.54, 1.807) is 0 Å². The average Bonchev–Trinajstić information content (AvgIpc) is 2.76. The van der Waals surface area contributed by atoms with Gasteiger partial charge in [0.05, 0.1) is 31.3 Å². The van der Waals surface area contributed by atoms with Crippen molar-refractivity contribution in [3.63, 3.8) is 0 Å². The number of ether oxygens (including phenoxy) is 1. The molecule has 1 aliphatic carbocycles. The lowest BCUT2D eigenvalue weighted by Crippen LogP contribution is -2.42. The molecule has 108 valence electrons. The standard InChI is InChI=1S/C15H20N2O3/c18-13-7-10-3-1-2-4-12(10)15(13)17-14(19)8-11-9-16-5-6-20-11/h1-4,11,13,15-16,18H,5-9H2,(H,17,19)/t11?,13-,15+/m0/s1. The van der Waals surface area contributed by atoms with Gasteiger partial charge >= 0.3 is 0 Å². The molecule has 5 nitrogen and oxygen atoms in total. The molecule has 1 aliphatic heterocycles. The van der Waals surface area contributed by atoms with Gasteiger partial charge < -0.3 is 20.5 Å². The molecule has 3 N–H and O–H groups in total. The van der Waals surface area contributed by atoms with E-state index >= 15 is 0 Å². The Bertz CT molecular complexity index is 486. The van der Waals surface area contributed by atoms with Crippen molar-refractivity contribution in [1.82, 2.24) is 10.6 Å². The van der Waals surface area contributed by atoms with Gasteiger partial charge in [-0.25, -0.2) is 0 Å². The first-order valence-electron chi connectivity index (χ1n) is 7.11.